The third-order valence-corrected chi connectivity index (χ3v) is 19.7. The summed E-state index contributed by atoms with van der Waals surface area (Å²) in [5.41, 5.74) is 23.0. The van der Waals surface area contributed by atoms with E-state index in [1.807, 2.05) is 17.8 Å². The predicted molar refractivity (Wildman–Crippen MR) is 313 cm³/mol. The van der Waals surface area contributed by atoms with Gasteiger partial charge in [-0.25, -0.2) is 0 Å². The van der Waals surface area contributed by atoms with E-state index in [-0.39, 0.29) is 10.8 Å². The first kappa shape index (κ1) is 57.1. The molecule has 416 valence electrons. The van der Waals surface area contributed by atoms with Gasteiger partial charge in [-0.2, -0.15) is 38.1 Å². The second-order valence-corrected chi connectivity index (χ2v) is 26.6. The van der Waals surface area contributed by atoms with E-state index in [9.17, 15) is 0 Å². The van der Waals surface area contributed by atoms with Crippen LogP contribution in [0.2, 0.25) is 0 Å². The van der Waals surface area contributed by atoms with Gasteiger partial charge in [0.15, 0.2) is 52.1 Å². The maximum absolute atomic E-state index is 3.74. The number of nitrogens with zero attached hydrogens (tertiary/aromatic N) is 8. The summed E-state index contributed by atoms with van der Waals surface area (Å²) in [4.78, 5) is 0. The normalized spacial score (nSPS) is 20.6. The Labute approximate surface area is 473 Å². The number of nitrogens with one attached hydrogen (secondary N) is 3. The molecule has 0 radical (unpaired) electrons. The van der Waals surface area contributed by atoms with Crippen LogP contribution in [-0.2, 0) is 80.1 Å². The van der Waals surface area contributed by atoms with E-state index in [1.54, 1.807) is 11.1 Å². The summed E-state index contributed by atoms with van der Waals surface area (Å²) < 4.78 is 17.5. The molecule has 11 nitrogen and oxygen atoms in total. The van der Waals surface area contributed by atoms with Crippen LogP contribution in [0, 0.1) is 36.5 Å². The van der Waals surface area contributed by atoms with Crippen molar-refractivity contribution in [3.05, 3.63) is 155 Å². The minimum atomic E-state index is 0.275. The van der Waals surface area contributed by atoms with Gasteiger partial charge in [0.2, 0.25) is 0 Å². The summed E-state index contributed by atoms with van der Waals surface area (Å²) in [5, 5.41) is 10.7. The zero-order chi connectivity index (χ0) is 57.3. The highest BCUT2D eigenvalue weighted by Crippen LogP contribution is 2.69. The largest absolute Gasteiger partial charge is 0.305 e. The average molecular weight is 1070 g/mol. The second kappa shape index (κ2) is 21.5. The van der Waals surface area contributed by atoms with Gasteiger partial charge in [-0.05, 0) is 116 Å². The van der Waals surface area contributed by atoms with Crippen molar-refractivity contribution in [2.75, 3.05) is 0 Å². The molecule has 0 aromatic carbocycles. The Morgan fingerprint density at radius 2 is 0.861 bits per heavy atom. The van der Waals surface area contributed by atoms with Crippen LogP contribution in [0.15, 0.2) is 110 Å². The predicted octanol–water partition coefficient (Wildman–Crippen LogP) is 9.36. The van der Waals surface area contributed by atoms with Crippen LogP contribution in [-0.4, -0.2) is 15.3 Å². The average Bonchev–Trinajstić information content (AvgIpc) is 3.49. The monoisotopic (exact) mass is 1070 g/mol. The zero-order valence-electron chi connectivity index (χ0n) is 52.0. The molecule has 79 heavy (non-hydrogen) atoms. The molecule has 0 saturated heterocycles. The van der Waals surface area contributed by atoms with Crippen LogP contribution in [0.3, 0.4) is 0 Å². The lowest BCUT2D eigenvalue weighted by Crippen LogP contribution is -2.41. The Balaban J connectivity index is 0.000000130. The molecule has 4 unspecified atom stereocenters. The lowest BCUT2D eigenvalue weighted by Gasteiger charge is -2.33. The molecular formula is C68H97N11+8. The van der Waals surface area contributed by atoms with Crippen molar-refractivity contribution >= 4 is 0 Å². The second-order valence-electron chi connectivity index (χ2n) is 26.6. The van der Waals surface area contributed by atoms with Gasteiger partial charge in [0.05, 0.1) is 28.2 Å². The fraction of sp³-hybridized carbons (Fsp3) is 0.500. The summed E-state index contributed by atoms with van der Waals surface area (Å²) in [5.74, 6) is 2.70. The third-order valence-electron chi connectivity index (χ3n) is 19.7. The molecule has 2 saturated carbocycles. The number of aromatic nitrogens is 11. The number of rotatable bonds is 8. The minimum absolute atomic E-state index is 0.275. The van der Waals surface area contributed by atoms with Gasteiger partial charge in [0.25, 0.3) is 28.5 Å². The van der Waals surface area contributed by atoms with Crippen molar-refractivity contribution in [3.8, 4) is 45.6 Å². The molecule has 4 aliphatic rings. The molecule has 2 fully saturated rings. The molecule has 8 aromatic rings. The van der Waals surface area contributed by atoms with Gasteiger partial charge in [-0.15, -0.1) is 14.0 Å². The summed E-state index contributed by atoms with van der Waals surface area (Å²) >= 11 is 0. The molecule has 8 aromatic heterocycles. The Kier molecular flexibility index (Phi) is 15.5. The van der Waals surface area contributed by atoms with Crippen molar-refractivity contribution in [2.24, 2.45) is 79.0 Å². The molecular weight excluding hydrogens is 971 g/mol. The lowest BCUT2D eigenvalue weighted by molar-refractivity contribution is -0.729. The maximum Gasteiger partial charge on any atom is 0.305 e. The van der Waals surface area contributed by atoms with Crippen molar-refractivity contribution < 1.29 is 36.9 Å². The first-order valence-electron chi connectivity index (χ1n) is 29.3. The first-order valence-corrected chi connectivity index (χ1v) is 29.3. The van der Waals surface area contributed by atoms with E-state index >= 15 is 0 Å². The van der Waals surface area contributed by atoms with E-state index in [1.165, 1.54) is 105 Å². The van der Waals surface area contributed by atoms with Gasteiger partial charge >= 0.3 is 17.1 Å². The number of aryl methyl sites for hydroxylation is 10. The third kappa shape index (κ3) is 10.1. The summed E-state index contributed by atoms with van der Waals surface area (Å²) in [7, 11) is 16.9. The number of hydrogen-bond acceptors (Lipinski definition) is 0. The molecule has 8 heterocycles. The van der Waals surface area contributed by atoms with Crippen molar-refractivity contribution in [1.29, 1.82) is 0 Å². The minimum Gasteiger partial charge on any atom is -0.196 e. The summed E-state index contributed by atoms with van der Waals surface area (Å²) in [6, 6.07) is 28.4. The van der Waals surface area contributed by atoms with Gasteiger partial charge in [0.1, 0.15) is 35.2 Å². The van der Waals surface area contributed by atoms with E-state index in [0.717, 1.165) is 12.8 Å². The van der Waals surface area contributed by atoms with Crippen molar-refractivity contribution in [3.63, 3.8) is 0 Å². The van der Waals surface area contributed by atoms with Crippen LogP contribution in [0.4, 0.5) is 0 Å². The smallest absolute Gasteiger partial charge is 0.196 e. The Bertz CT molecular complexity index is 3550. The zero-order valence-corrected chi connectivity index (χ0v) is 52.0. The topological polar surface area (TPSA) is 78.4 Å². The standard InChI is InChI=1S/C22H32N3.C18H24N3.C17H24N2.C11H14N3/c1-14(2)12-15-9-11-24(6)17(13-15)19-18-16-8-10-22(5,21(16,3)4)20(18)23-25(19)7;1-17(2)12-9-10-18(17,3)16-14(12)15(21(5)19-16)13-8-6-7-11-20(13)4;1-13(2)10-15-7-9-19(5)17(12-15)16-11-14(3)6-8-18(16)4;1-9-8-11(14(3)12-9)10-6-4-5-7-13(10)2/h9,11,13-14,16H,8,10,12H2,1-7H3;6-8,11-12H,9-10H2,1-5H3;6-9,11-13H,10H2,1-5H3;4-8H,1-3H3/q2*+1;+2;+1/p+3. The molecule has 4 bridgehead atoms. The van der Waals surface area contributed by atoms with Gasteiger partial charge in [0, 0.05) is 77.6 Å². The molecule has 0 amide bonds. The fourth-order valence-corrected chi connectivity index (χ4v) is 14.5. The molecule has 0 spiro atoms. The number of H-pyrrole nitrogens is 3. The van der Waals surface area contributed by atoms with E-state index in [4.69, 9.17) is 0 Å². The van der Waals surface area contributed by atoms with E-state index in [2.05, 4.69) is 284 Å². The molecule has 4 aliphatic carbocycles. The van der Waals surface area contributed by atoms with Crippen LogP contribution < -0.4 is 36.9 Å². The highest BCUT2D eigenvalue weighted by molar-refractivity contribution is 5.63. The molecule has 3 N–H and O–H groups in total. The number of hydrogen-bond donors (Lipinski definition) is 3. The van der Waals surface area contributed by atoms with Crippen LogP contribution in [0.1, 0.15) is 152 Å². The SMILES string of the molecule is CC(C)Cc1cc[n+](C)c(-c2c3c([nH][n+]2C)C2(C)CCC3C2(C)C)c1.C[n+]1ccccc1-c1c2c([nH][n+]1C)C1(C)CCC2C1(C)C.Cc1cc(-c2cccc[n+]2C)[n+](C)[nH]1.Cc1cc[n+](C)c(-c2cc(CC(C)C)cc[n+]2C)c1. The first-order chi connectivity index (χ1) is 37.2. The Hall–Kier alpha value is -6.62. The number of pyridine rings is 5. The molecule has 12 rings (SSSR count). The lowest BCUT2D eigenvalue weighted by atomic mass is 9.70. The van der Waals surface area contributed by atoms with Crippen molar-refractivity contribution in [1.82, 2.24) is 15.3 Å². The summed E-state index contributed by atoms with van der Waals surface area (Å²) in [6.07, 6.45) is 18.2. The maximum atomic E-state index is 3.74. The van der Waals surface area contributed by atoms with Crippen LogP contribution in [0.5, 0.6) is 0 Å². The highest BCUT2D eigenvalue weighted by atomic mass is 15.3. The summed E-state index contributed by atoms with van der Waals surface area (Å²) in [6.45, 7) is 28.1. The fourth-order valence-electron chi connectivity index (χ4n) is 14.5. The van der Waals surface area contributed by atoms with Crippen LogP contribution in [0.25, 0.3) is 45.6 Å². The highest BCUT2D eigenvalue weighted by Gasteiger charge is 2.65. The van der Waals surface area contributed by atoms with Crippen molar-refractivity contribution in [2.45, 2.75) is 144 Å². The quantitative estimate of drug-likeness (QED) is 0.127. The van der Waals surface area contributed by atoms with Crippen LogP contribution >= 0.6 is 0 Å². The van der Waals surface area contributed by atoms with Gasteiger partial charge in [-0.1, -0.05) is 69.2 Å². The number of aromatic amines is 3. The Morgan fingerprint density at radius 1 is 0.443 bits per heavy atom. The van der Waals surface area contributed by atoms with E-state index in [0.29, 0.717) is 34.5 Å². The van der Waals surface area contributed by atoms with Gasteiger partial charge < -0.3 is 0 Å². The molecule has 4 atom stereocenters. The van der Waals surface area contributed by atoms with Gasteiger partial charge in [-0.3, -0.25) is 0 Å². The molecule has 11 heteroatoms. The van der Waals surface area contributed by atoms with E-state index < -0.39 is 0 Å². The number of fused-ring (bicyclic) bond motifs is 10. The Morgan fingerprint density at radius 3 is 1.32 bits per heavy atom. The molecule has 0 aliphatic heterocycles.